The van der Waals surface area contributed by atoms with E-state index in [-0.39, 0.29) is 0 Å². The van der Waals surface area contributed by atoms with Gasteiger partial charge in [0.25, 0.3) is 0 Å². The molecule has 0 aliphatic rings. The summed E-state index contributed by atoms with van der Waals surface area (Å²) in [4.78, 5) is 0. The molecular weight excluding hydrogens is 448 g/mol. The minimum Gasteiger partial charge on any atom is -0.489 e. The molecule has 0 atom stereocenters. The summed E-state index contributed by atoms with van der Waals surface area (Å²) in [5, 5.41) is 11.7. The molecule has 1 heterocycles. The smallest absolute Gasteiger partial charge is 0.216 e. The van der Waals surface area contributed by atoms with Gasteiger partial charge in [0.05, 0.1) is 6.21 Å². The van der Waals surface area contributed by atoms with E-state index < -0.39 is 0 Å². The second kappa shape index (κ2) is 8.98. The van der Waals surface area contributed by atoms with Crippen LogP contribution in [0.5, 0.6) is 5.75 Å². The zero-order chi connectivity index (χ0) is 20.1. The highest BCUT2D eigenvalue weighted by Gasteiger charge is 2.10. The Kier molecular flexibility index (Phi) is 5.97. The third kappa shape index (κ3) is 4.70. The molecule has 0 aliphatic heterocycles. The molecule has 5 nitrogen and oxygen atoms in total. The maximum absolute atomic E-state index is 5.89. The SMILES string of the molecule is S=c1[nH]nc(-c2ccccc2Br)n1/N=C\c1cccc(OCc2ccccc2)c1. The molecule has 3 aromatic carbocycles. The molecule has 1 aromatic heterocycles. The highest BCUT2D eigenvalue weighted by atomic mass is 79.9. The predicted octanol–water partition coefficient (Wildman–Crippen LogP) is 5.83. The summed E-state index contributed by atoms with van der Waals surface area (Å²) in [6.45, 7) is 0.514. The Bertz CT molecular complexity index is 1200. The van der Waals surface area contributed by atoms with Crippen molar-refractivity contribution in [3.63, 3.8) is 0 Å². The maximum Gasteiger partial charge on any atom is 0.216 e. The highest BCUT2D eigenvalue weighted by Crippen LogP contribution is 2.26. The van der Waals surface area contributed by atoms with E-state index in [4.69, 9.17) is 17.0 Å². The lowest BCUT2D eigenvalue weighted by atomic mass is 10.2. The summed E-state index contributed by atoms with van der Waals surface area (Å²) >= 11 is 8.89. The highest BCUT2D eigenvalue weighted by molar-refractivity contribution is 9.10. The number of hydrogen-bond acceptors (Lipinski definition) is 4. The lowest BCUT2D eigenvalue weighted by molar-refractivity contribution is 0.306. The maximum atomic E-state index is 5.89. The van der Waals surface area contributed by atoms with E-state index in [0.29, 0.717) is 17.2 Å². The number of halogens is 1. The van der Waals surface area contributed by atoms with Crippen LogP contribution in [0.25, 0.3) is 11.4 Å². The van der Waals surface area contributed by atoms with Gasteiger partial charge in [0.15, 0.2) is 5.82 Å². The average molecular weight is 465 g/mol. The zero-order valence-corrected chi connectivity index (χ0v) is 17.7. The lowest BCUT2D eigenvalue weighted by Gasteiger charge is -2.07. The molecule has 0 radical (unpaired) electrons. The van der Waals surface area contributed by atoms with Gasteiger partial charge in [-0.2, -0.15) is 14.9 Å². The Hall–Kier alpha value is -3.03. The van der Waals surface area contributed by atoms with Gasteiger partial charge < -0.3 is 4.74 Å². The molecule has 4 rings (SSSR count). The molecule has 0 spiro atoms. The van der Waals surface area contributed by atoms with Crippen LogP contribution >= 0.6 is 28.1 Å². The monoisotopic (exact) mass is 464 g/mol. The van der Waals surface area contributed by atoms with Crippen molar-refractivity contribution >= 4 is 34.4 Å². The van der Waals surface area contributed by atoms with E-state index >= 15 is 0 Å². The number of hydrogen-bond donors (Lipinski definition) is 1. The summed E-state index contributed by atoms with van der Waals surface area (Å²) in [6, 6.07) is 25.6. The molecule has 7 heteroatoms. The molecule has 0 aliphatic carbocycles. The van der Waals surface area contributed by atoms with E-state index in [1.54, 1.807) is 10.9 Å². The Morgan fingerprint density at radius 3 is 2.66 bits per heavy atom. The third-order valence-electron chi connectivity index (χ3n) is 4.19. The molecule has 29 heavy (non-hydrogen) atoms. The second-order valence-corrected chi connectivity index (χ2v) is 7.48. The second-order valence-electron chi connectivity index (χ2n) is 6.24. The number of nitrogens with one attached hydrogen (secondary N) is 1. The first-order valence-corrected chi connectivity index (χ1v) is 10.1. The number of benzene rings is 3. The molecule has 0 unspecified atom stereocenters. The minimum absolute atomic E-state index is 0.420. The van der Waals surface area contributed by atoms with Crippen molar-refractivity contribution in [2.45, 2.75) is 6.61 Å². The lowest BCUT2D eigenvalue weighted by Crippen LogP contribution is -1.97. The standard InChI is InChI=1S/C22H17BrN4OS/c23-20-12-5-4-11-19(20)21-25-26-22(29)27(21)24-14-17-9-6-10-18(13-17)28-15-16-7-2-1-3-8-16/h1-14H,15H2,(H,26,29)/b24-14-. The molecule has 1 N–H and O–H groups in total. The van der Waals surface area contributed by atoms with Crippen molar-refractivity contribution < 1.29 is 4.74 Å². The van der Waals surface area contributed by atoms with Crippen molar-refractivity contribution in [3.05, 3.63) is 99.2 Å². The van der Waals surface area contributed by atoms with E-state index in [9.17, 15) is 0 Å². The summed E-state index contributed by atoms with van der Waals surface area (Å²) in [5.74, 6) is 1.41. The Labute approximate surface area is 181 Å². The fourth-order valence-corrected chi connectivity index (χ4v) is 3.41. The van der Waals surface area contributed by atoms with Gasteiger partial charge in [-0.3, -0.25) is 0 Å². The van der Waals surface area contributed by atoms with Crippen molar-refractivity contribution in [1.29, 1.82) is 0 Å². The number of rotatable bonds is 6. The van der Waals surface area contributed by atoms with Crippen LogP contribution in [0.2, 0.25) is 0 Å². The topological polar surface area (TPSA) is 55.2 Å². The minimum atomic E-state index is 0.420. The van der Waals surface area contributed by atoms with Crippen LogP contribution in [0.3, 0.4) is 0 Å². The molecule has 0 fully saturated rings. The fourth-order valence-electron chi connectivity index (χ4n) is 2.77. The van der Waals surface area contributed by atoms with Crippen LogP contribution in [0, 0.1) is 4.77 Å². The van der Waals surface area contributed by atoms with Crippen molar-refractivity contribution in [1.82, 2.24) is 14.9 Å². The van der Waals surface area contributed by atoms with E-state index in [0.717, 1.165) is 26.9 Å². The van der Waals surface area contributed by atoms with Gasteiger partial charge in [-0.05, 0) is 47.6 Å². The largest absolute Gasteiger partial charge is 0.489 e. The first kappa shape index (κ1) is 19.3. The Morgan fingerprint density at radius 2 is 1.83 bits per heavy atom. The Balaban J connectivity index is 1.55. The first-order valence-electron chi connectivity index (χ1n) is 8.94. The van der Waals surface area contributed by atoms with Crippen LogP contribution in [0.1, 0.15) is 11.1 Å². The predicted molar refractivity (Wildman–Crippen MR) is 121 cm³/mol. The normalized spacial score (nSPS) is 11.1. The first-order chi connectivity index (χ1) is 14.2. The molecule has 0 bridgehead atoms. The third-order valence-corrected chi connectivity index (χ3v) is 5.15. The van der Waals surface area contributed by atoms with Gasteiger partial charge in [0.2, 0.25) is 4.77 Å². The summed E-state index contributed by atoms with van der Waals surface area (Å²) in [5.41, 5.74) is 2.92. The number of H-pyrrole nitrogens is 1. The number of ether oxygens (including phenoxy) is 1. The van der Waals surface area contributed by atoms with E-state index in [2.05, 4.69) is 31.2 Å². The molecular formula is C22H17BrN4OS. The molecule has 4 aromatic rings. The van der Waals surface area contributed by atoms with Crippen LogP contribution < -0.4 is 4.74 Å². The summed E-state index contributed by atoms with van der Waals surface area (Å²) in [6.07, 6.45) is 1.74. The van der Waals surface area contributed by atoms with Gasteiger partial charge in [0, 0.05) is 10.0 Å². The van der Waals surface area contributed by atoms with Crippen LogP contribution in [-0.4, -0.2) is 21.1 Å². The van der Waals surface area contributed by atoms with Gasteiger partial charge in [0.1, 0.15) is 12.4 Å². The molecule has 0 saturated carbocycles. The van der Waals surface area contributed by atoms with Crippen LogP contribution in [0.15, 0.2) is 88.4 Å². The van der Waals surface area contributed by atoms with Crippen LogP contribution in [-0.2, 0) is 6.61 Å². The Morgan fingerprint density at radius 1 is 1.03 bits per heavy atom. The van der Waals surface area contributed by atoms with Crippen LogP contribution in [0.4, 0.5) is 0 Å². The van der Waals surface area contributed by atoms with E-state index in [1.165, 1.54) is 0 Å². The van der Waals surface area contributed by atoms with Crippen molar-refractivity contribution in [3.8, 4) is 17.1 Å². The van der Waals surface area contributed by atoms with Gasteiger partial charge >= 0.3 is 0 Å². The fraction of sp³-hybridized carbons (Fsp3) is 0.0455. The van der Waals surface area contributed by atoms with Gasteiger partial charge in [-0.15, -0.1) is 0 Å². The van der Waals surface area contributed by atoms with Gasteiger partial charge in [-0.25, -0.2) is 5.10 Å². The van der Waals surface area contributed by atoms with Gasteiger partial charge in [-0.1, -0.05) is 70.5 Å². The average Bonchev–Trinajstić information content (AvgIpc) is 3.12. The number of aromatic amines is 1. The molecule has 0 saturated heterocycles. The number of nitrogens with zero attached hydrogens (tertiary/aromatic N) is 3. The number of aromatic nitrogens is 3. The van der Waals surface area contributed by atoms with E-state index in [1.807, 2.05) is 78.9 Å². The van der Waals surface area contributed by atoms with Crippen molar-refractivity contribution in [2.24, 2.45) is 5.10 Å². The quantitative estimate of drug-likeness (QED) is 0.288. The summed E-state index contributed by atoms with van der Waals surface area (Å²) in [7, 11) is 0. The zero-order valence-electron chi connectivity index (χ0n) is 15.3. The van der Waals surface area contributed by atoms with Crippen molar-refractivity contribution in [2.75, 3.05) is 0 Å². The summed E-state index contributed by atoms with van der Waals surface area (Å²) < 4.78 is 8.83. The molecule has 0 amide bonds. The molecule has 144 valence electrons.